The van der Waals surface area contributed by atoms with Gasteiger partial charge >= 0.3 is 0 Å². The van der Waals surface area contributed by atoms with E-state index in [1.165, 1.54) is 60.4 Å². The Morgan fingerprint density at radius 3 is 1.43 bits per heavy atom. The molecule has 0 aliphatic heterocycles. The first kappa shape index (κ1) is 37.7. The van der Waals surface area contributed by atoms with Gasteiger partial charge in [0, 0.05) is 65.4 Å². The SMILES string of the molecule is Cc1ccc2c3ccccc3n(-c3ccc4oc5ccccc5c4c3)c2c1C(C)(c1ccccc1)c1ccc2c3ccccc3n(-c3ccc4oc5ccccc5c4c3)c2c1-c1ccccc1. The summed E-state index contributed by atoms with van der Waals surface area (Å²) in [5.41, 5.74) is 17.0. The van der Waals surface area contributed by atoms with Gasteiger partial charge in [0.05, 0.1) is 22.1 Å². The number of rotatable bonds is 6. The lowest BCUT2D eigenvalue weighted by Crippen LogP contribution is -2.28. The van der Waals surface area contributed by atoms with Crippen LogP contribution in [0.3, 0.4) is 0 Å². The number of nitrogens with zero attached hydrogens (tertiary/aromatic N) is 2. The van der Waals surface area contributed by atoms with Crippen LogP contribution in [0.25, 0.3) is 110 Å². The minimum absolute atomic E-state index is 0.686. The summed E-state index contributed by atoms with van der Waals surface area (Å²) in [6.45, 7) is 4.76. The molecule has 4 heteroatoms. The molecule has 1 atom stereocenters. The summed E-state index contributed by atoms with van der Waals surface area (Å²) in [5, 5.41) is 9.27. The van der Waals surface area contributed by atoms with Crippen LogP contribution in [0.5, 0.6) is 0 Å². The number of hydrogen-bond acceptors (Lipinski definition) is 2. The summed E-state index contributed by atoms with van der Waals surface area (Å²) < 4.78 is 17.8. The highest BCUT2D eigenvalue weighted by Crippen LogP contribution is 2.52. The first-order valence-corrected chi connectivity index (χ1v) is 23.1. The standard InChI is InChI=1S/C63H42N2O2/c1-39-29-32-49-45-22-10-14-26-54(45)65(43-31-36-58-51(38-43)47-24-12-16-28-56(47)67-58)62(49)60(39)63(2,41-19-7-4-8-20-41)52-34-33-48-44-21-9-13-25-53(44)64(61(48)59(52)40-17-5-3-6-18-40)42-30-35-57-50(37-42)46-23-11-15-27-55(46)66-57/h3-38H,1-2H3. The summed E-state index contributed by atoms with van der Waals surface area (Å²) in [6.07, 6.45) is 0. The van der Waals surface area contributed by atoms with Crippen molar-refractivity contribution in [3.63, 3.8) is 0 Å². The molecule has 316 valence electrons. The summed E-state index contributed by atoms with van der Waals surface area (Å²) in [7, 11) is 0. The van der Waals surface area contributed by atoms with Gasteiger partial charge in [-0.3, -0.25) is 0 Å². The molecule has 0 radical (unpaired) electrons. The van der Waals surface area contributed by atoms with E-state index < -0.39 is 5.41 Å². The van der Waals surface area contributed by atoms with Crippen molar-refractivity contribution in [2.45, 2.75) is 19.3 Å². The Bertz CT molecular complexity index is 4300. The summed E-state index contributed by atoms with van der Waals surface area (Å²) >= 11 is 0. The molecule has 14 rings (SSSR count). The second kappa shape index (κ2) is 14.2. The third kappa shape index (κ3) is 5.35. The molecule has 4 heterocycles. The van der Waals surface area contributed by atoms with E-state index in [9.17, 15) is 0 Å². The van der Waals surface area contributed by atoms with Crippen LogP contribution in [0.2, 0.25) is 0 Å². The zero-order valence-corrected chi connectivity index (χ0v) is 37.0. The Morgan fingerprint density at radius 1 is 0.373 bits per heavy atom. The van der Waals surface area contributed by atoms with Gasteiger partial charge in [-0.1, -0.05) is 158 Å². The molecule has 4 nitrogen and oxygen atoms in total. The van der Waals surface area contributed by atoms with Crippen molar-refractivity contribution in [3.05, 3.63) is 241 Å². The predicted octanol–water partition coefficient (Wildman–Crippen LogP) is 17.0. The Morgan fingerprint density at radius 2 is 0.836 bits per heavy atom. The van der Waals surface area contributed by atoms with Crippen molar-refractivity contribution < 1.29 is 8.83 Å². The smallest absolute Gasteiger partial charge is 0.135 e. The van der Waals surface area contributed by atoms with E-state index in [4.69, 9.17) is 8.83 Å². The van der Waals surface area contributed by atoms with Crippen LogP contribution in [0.4, 0.5) is 0 Å². The molecule has 0 fully saturated rings. The number of hydrogen-bond donors (Lipinski definition) is 0. The molecule has 0 aliphatic rings. The molecule has 0 N–H and O–H groups in total. The molecule has 0 aliphatic carbocycles. The van der Waals surface area contributed by atoms with Gasteiger partial charge in [0.2, 0.25) is 0 Å². The largest absolute Gasteiger partial charge is 0.456 e. The lowest BCUT2D eigenvalue weighted by molar-refractivity contribution is 0.668. The second-order valence-electron chi connectivity index (χ2n) is 18.2. The molecule has 14 aromatic rings. The minimum Gasteiger partial charge on any atom is -0.456 e. The lowest BCUT2D eigenvalue weighted by Gasteiger charge is -2.36. The zero-order valence-electron chi connectivity index (χ0n) is 37.0. The van der Waals surface area contributed by atoms with Gasteiger partial charge in [-0.15, -0.1) is 0 Å². The minimum atomic E-state index is -0.686. The average molecular weight is 859 g/mol. The van der Waals surface area contributed by atoms with E-state index in [2.05, 4.69) is 229 Å². The van der Waals surface area contributed by atoms with Crippen LogP contribution in [-0.4, -0.2) is 9.13 Å². The number of benzene rings is 10. The van der Waals surface area contributed by atoms with Crippen molar-refractivity contribution >= 4 is 87.5 Å². The molecule has 4 aromatic heterocycles. The zero-order chi connectivity index (χ0) is 44.4. The second-order valence-corrected chi connectivity index (χ2v) is 18.2. The Kier molecular flexibility index (Phi) is 8.00. The molecule has 0 amide bonds. The molecule has 0 bridgehead atoms. The van der Waals surface area contributed by atoms with Crippen molar-refractivity contribution in [2.24, 2.45) is 0 Å². The number of aryl methyl sites for hydroxylation is 1. The average Bonchev–Trinajstić information content (AvgIpc) is 4.14. The van der Waals surface area contributed by atoms with Crippen molar-refractivity contribution in [2.75, 3.05) is 0 Å². The molecule has 0 saturated carbocycles. The first-order chi connectivity index (χ1) is 33.0. The van der Waals surface area contributed by atoms with Gasteiger partial charge < -0.3 is 18.0 Å². The number of fused-ring (bicyclic) bond motifs is 12. The van der Waals surface area contributed by atoms with Crippen LogP contribution in [0.1, 0.15) is 29.2 Å². The highest BCUT2D eigenvalue weighted by molar-refractivity contribution is 6.16. The number of furan rings is 2. The van der Waals surface area contributed by atoms with Gasteiger partial charge in [-0.05, 0) is 102 Å². The molecule has 10 aromatic carbocycles. The van der Waals surface area contributed by atoms with Crippen LogP contribution in [0, 0.1) is 6.92 Å². The molecule has 0 spiro atoms. The van der Waals surface area contributed by atoms with Crippen LogP contribution in [0.15, 0.2) is 227 Å². The molecular weight excluding hydrogens is 817 g/mol. The maximum atomic E-state index is 6.39. The third-order valence-corrected chi connectivity index (χ3v) is 14.6. The van der Waals surface area contributed by atoms with Gasteiger partial charge in [-0.25, -0.2) is 0 Å². The van der Waals surface area contributed by atoms with Gasteiger partial charge in [-0.2, -0.15) is 0 Å². The number of aromatic nitrogens is 2. The van der Waals surface area contributed by atoms with Gasteiger partial charge in [0.25, 0.3) is 0 Å². The van der Waals surface area contributed by atoms with Crippen LogP contribution in [-0.2, 0) is 5.41 Å². The fourth-order valence-electron chi connectivity index (χ4n) is 11.6. The molecule has 1 unspecified atom stereocenters. The summed E-state index contributed by atoms with van der Waals surface area (Å²) in [4.78, 5) is 0. The van der Waals surface area contributed by atoms with Crippen molar-refractivity contribution in [1.82, 2.24) is 9.13 Å². The maximum Gasteiger partial charge on any atom is 0.135 e. The first-order valence-electron chi connectivity index (χ1n) is 23.1. The predicted molar refractivity (Wildman–Crippen MR) is 278 cm³/mol. The van der Waals surface area contributed by atoms with Crippen molar-refractivity contribution in [1.29, 1.82) is 0 Å². The highest BCUT2D eigenvalue weighted by Gasteiger charge is 2.39. The maximum absolute atomic E-state index is 6.39. The Balaban J connectivity index is 1.14. The Labute approximate surface area is 386 Å². The molecule has 67 heavy (non-hydrogen) atoms. The third-order valence-electron chi connectivity index (χ3n) is 14.6. The Hall–Kier alpha value is -8.60. The van der Waals surface area contributed by atoms with Gasteiger partial charge in [0.15, 0.2) is 0 Å². The quantitative estimate of drug-likeness (QED) is 0.156. The summed E-state index contributed by atoms with van der Waals surface area (Å²) in [5.74, 6) is 0. The van der Waals surface area contributed by atoms with Crippen molar-refractivity contribution in [3.8, 4) is 22.5 Å². The number of para-hydroxylation sites is 4. The van der Waals surface area contributed by atoms with Crippen LogP contribution < -0.4 is 0 Å². The van der Waals surface area contributed by atoms with E-state index in [0.29, 0.717) is 0 Å². The molecular formula is C63H42N2O2. The van der Waals surface area contributed by atoms with Crippen LogP contribution >= 0.6 is 0 Å². The van der Waals surface area contributed by atoms with Gasteiger partial charge in [0.1, 0.15) is 22.3 Å². The summed E-state index contributed by atoms with van der Waals surface area (Å²) in [6, 6.07) is 79.5. The fourth-order valence-corrected chi connectivity index (χ4v) is 11.6. The van der Waals surface area contributed by atoms with E-state index in [0.717, 1.165) is 71.8 Å². The monoisotopic (exact) mass is 858 g/mol. The van der Waals surface area contributed by atoms with E-state index in [1.807, 2.05) is 12.1 Å². The topological polar surface area (TPSA) is 36.1 Å². The fraction of sp³-hybridized carbons (Fsp3) is 0.0476. The van der Waals surface area contributed by atoms with E-state index >= 15 is 0 Å². The normalized spacial score (nSPS) is 13.0. The van der Waals surface area contributed by atoms with E-state index in [1.54, 1.807) is 0 Å². The van der Waals surface area contributed by atoms with E-state index in [-0.39, 0.29) is 0 Å². The molecule has 0 saturated heterocycles. The lowest BCUT2D eigenvalue weighted by atomic mass is 9.67. The highest BCUT2D eigenvalue weighted by atomic mass is 16.3.